The Balaban J connectivity index is 2.11. The van der Waals surface area contributed by atoms with Gasteiger partial charge in [-0.3, -0.25) is 10.1 Å². The van der Waals surface area contributed by atoms with Crippen LogP contribution in [0.1, 0.15) is 49.7 Å². The number of amides is 1. The van der Waals surface area contributed by atoms with Crippen LogP contribution < -0.4 is 10.6 Å². The van der Waals surface area contributed by atoms with Gasteiger partial charge in [0.1, 0.15) is 5.54 Å². The topological polar surface area (TPSA) is 64.9 Å². The van der Waals surface area contributed by atoms with E-state index in [1.165, 1.54) is 5.56 Å². The lowest BCUT2D eigenvalue weighted by Crippen LogP contribution is -2.51. The van der Waals surface area contributed by atoms with Crippen LogP contribution in [-0.2, 0) is 11.2 Å². The number of carbonyl (C=O) groups is 1. The van der Waals surface area contributed by atoms with Crippen LogP contribution in [0, 0.1) is 17.2 Å². The summed E-state index contributed by atoms with van der Waals surface area (Å²) < 4.78 is 0. The summed E-state index contributed by atoms with van der Waals surface area (Å²) in [5, 5.41) is 17.6. The minimum Gasteiger partial charge on any atom is -0.337 e. The van der Waals surface area contributed by atoms with Gasteiger partial charge in [0.25, 0.3) is 0 Å². The van der Waals surface area contributed by atoms with Crippen molar-refractivity contribution in [2.45, 2.75) is 45.7 Å². The Morgan fingerprint density at radius 1 is 1.27 bits per heavy atom. The second-order valence-corrected chi connectivity index (χ2v) is 7.92. The molecule has 1 aromatic carbocycles. The Morgan fingerprint density at radius 2 is 1.96 bits per heavy atom. The molecular formula is C21H27N3OS. The normalized spacial score (nSPS) is 14.5. The van der Waals surface area contributed by atoms with Crippen LogP contribution in [0.5, 0.6) is 0 Å². The third kappa shape index (κ3) is 4.94. The van der Waals surface area contributed by atoms with E-state index in [0.29, 0.717) is 0 Å². The molecular weight excluding hydrogens is 342 g/mol. The van der Waals surface area contributed by atoms with Gasteiger partial charge in [0.05, 0.1) is 18.7 Å². The molecule has 0 aliphatic rings. The summed E-state index contributed by atoms with van der Waals surface area (Å²) in [4.78, 5) is 13.6. The molecule has 2 aromatic rings. The number of nitrogens with zero attached hydrogens (tertiary/aromatic N) is 1. The molecule has 0 radical (unpaired) electrons. The molecule has 4 nitrogen and oxygen atoms in total. The van der Waals surface area contributed by atoms with Gasteiger partial charge >= 0.3 is 0 Å². The summed E-state index contributed by atoms with van der Waals surface area (Å²) in [6, 6.07) is 14.7. The molecule has 0 fully saturated rings. The molecule has 1 amide bonds. The summed E-state index contributed by atoms with van der Waals surface area (Å²) >= 11 is 1.66. The zero-order valence-electron chi connectivity index (χ0n) is 15.9. The van der Waals surface area contributed by atoms with Gasteiger partial charge in [-0.15, -0.1) is 11.3 Å². The average molecular weight is 370 g/mol. The van der Waals surface area contributed by atoms with E-state index in [0.717, 1.165) is 16.9 Å². The van der Waals surface area contributed by atoms with Crippen LogP contribution in [0.25, 0.3) is 0 Å². The van der Waals surface area contributed by atoms with Gasteiger partial charge in [0.15, 0.2) is 0 Å². The highest BCUT2D eigenvalue weighted by Gasteiger charge is 2.30. The van der Waals surface area contributed by atoms with Gasteiger partial charge in [0.2, 0.25) is 5.91 Å². The number of thiophene rings is 1. The third-order valence-corrected chi connectivity index (χ3v) is 5.74. The predicted octanol–water partition coefficient (Wildman–Crippen LogP) is 4.04. The Labute approximate surface area is 160 Å². The van der Waals surface area contributed by atoms with Gasteiger partial charge in [-0.1, -0.05) is 51.1 Å². The van der Waals surface area contributed by atoms with E-state index in [1.54, 1.807) is 18.3 Å². The smallest absolute Gasteiger partial charge is 0.235 e. The summed E-state index contributed by atoms with van der Waals surface area (Å²) in [5.41, 5.74) is 1.56. The highest BCUT2D eigenvalue weighted by molar-refractivity contribution is 7.10. The van der Waals surface area contributed by atoms with Gasteiger partial charge in [-0.25, -0.2) is 0 Å². The minimum absolute atomic E-state index is 0.0335. The van der Waals surface area contributed by atoms with Crippen LogP contribution in [0.15, 0.2) is 41.8 Å². The van der Waals surface area contributed by atoms with Crippen molar-refractivity contribution in [2.75, 3.05) is 6.54 Å². The van der Waals surface area contributed by atoms with Crippen molar-refractivity contribution in [3.05, 3.63) is 57.8 Å². The van der Waals surface area contributed by atoms with Crippen LogP contribution >= 0.6 is 11.3 Å². The highest BCUT2D eigenvalue weighted by atomic mass is 32.1. The number of hydrogen-bond donors (Lipinski definition) is 2. The predicted molar refractivity (Wildman–Crippen MR) is 107 cm³/mol. The van der Waals surface area contributed by atoms with E-state index in [1.807, 2.05) is 25.3 Å². The molecule has 0 bridgehead atoms. The Bertz CT molecular complexity index is 747. The molecule has 0 saturated heterocycles. The number of nitrogens with one attached hydrogen (secondary N) is 2. The van der Waals surface area contributed by atoms with Crippen LogP contribution in [0.3, 0.4) is 0 Å². The van der Waals surface area contributed by atoms with Crippen LogP contribution in [-0.4, -0.2) is 18.0 Å². The molecule has 0 aliphatic carbocycles. The van der Waals surface area contributed by atoms with E-state index in [2.05, 4.69) is 54.0 Å². The SMILES string of the molecule is CCc1ccc([C@H](NCC(=O)N[C@](C)(C#N)C(C)C)c2cccs2)cc1. The zero-order chi connectivity index (χ0) is 19.2. The second-order valence-electron chi connectivity index (χ2n) is 6.94. The van der Waals surface area contributed by atoms with E-state index < -0.39 is 5.54 Å². The Hall–Kier alpha value is -2.16. The van der Waals surface area contributed by atoms with Crippen molar-refractivity contribution in [1.82, 2.24) is 10.6 Å². The van der Waals surface area contributed by atoms with E-state index >= 15 is 0 Å². The standard InChI is InChI=1S/C21H27N3OS/c1-5-16-8-10-17(11-9-16)20(18-7-6-12-26-18)23-13-19(25)24-21(4,14-22)15(2)3/h6-12,15,20,23H,5,13H2,1-4H3,(H,24,25)/t20-,21+/m0/s1. The fraction of sp³-hybridized carbons (Fsp3) is 0.429. The first-order valence-corrected chi connectivity index (χ1v) is 9.85. The van der Waals surface area contributed by atoms with E-state index in [4.69, 9.17) is 0 Å². The fourth-order valence-corrected chi connectivity index (χ4v) is 3.44. The minimum atomic E-state index is -0.861. The Kier molecular flexibility index (Phi) is 6.96. The summed E-state index contributed by atoms with van der Waals surface area (Å²) in [6.07, 6.45) is 1.00. The average Bonchev–Trinajstić information content (AvgIpc) is 3.16. The van der Waals surface area contributed by atoms with Crippen LogP contribution in [0.4, 0.5) is 0 Å². The first-order valence-electron chi connectivity index (χ1n) is 8.97. The third-order valence-electron chi connectivity index (χ3n) is 4.80. The van der Waals surface area contributed by atoms with Crippen molar-refractivity contribution in [3.63, 3.8) is 0 Å². The van der Waals surface area contributed by atoms with Crippen molar-refractivity contribution in [1.29, 1.82) is 5.26 Å². The second kappa shape index (κ2) is 8.98. The van der Waals surface area contributed by atoms with Gasteiger partial charge < -0.3 is 5.32 Å². The number of rotatable bonds is 8. The maximum Gasteiger partial charge on any atom is 0.235 e. The molecule has 1 heterocycles. The van der Waals surface area contributed by atoms with Crippen LogP contribution in [0.2, 0.25) is 0 Å². The summed E-state index contributed by atoms with van der Waals surface area (Å²) in [5.74, 6) is -0.138. The maximum atomic E-state index is 12.4. The number of aryl methyl sites for hydroxylation is 1. The monoisotopic (exact) mass is 369 g/mol. The van der Waals surface area contributed by atoms with Gasteiger partial charge in [-0.2, -0.15) is 5.26 Å². The maximum absolute atomic E-state index is 12.4. The molecule has 2 N–H and O–H groups in total. The molecule has 5 heteroatoms. The molecule has 1 aromatic heterocycles. The highest BCUT2D eigenvalue weighted by Crippen LogP contribution is 2.26. The lowest BCUT2D eigenvalue weighted by Gasteiger charge is -2.28. The molecule has 2 atom stereocenters. The lowest BCUT2D eigenvalue weighted by atomic mass is 9.90. The molecule has 26 heavy (non-hydrogen) atoms. The molecule has 0 unspecified atom stereocenters. The van der Waals surface area contributed by atoms with Gasteiger partial charge in [-0.05, 0) is 41.8 Å². The first kappa shape index (κ1) is 20.2. The quantitative estimate of drug-likeness (QED) is 0.738. The fourth-order valence-electron chi connectivity index (χ4n) is 2.61. The van der Waals surface area contributed by atoms with E-state index in [9.17, 15) is 10.1 Å². The molecule has 0 aliphatic heterocycles. The van der Waals surface area contributed by atoms with Crippen molar-refractivity contribution in [2.24, 2.45) is 5.92 Å². The van der Waals surface area contributed by atoms with Gasteiger partial charge in [0, 0.05) is 4.88 Å². The summed E-state index contributed by atoms with van der Waals surface area (Å²) in [7, 11) is 0. The first-order chi connectivity index (χ1) is 12.4. The van der Waals surface area contributed by atoms with Crippen molar-refractivity contribution >= 4 is 17.2 Å². The number of nitriles is 1. The molecule has 138 valence electrons. The number of carbonyl (C=O) groups excluding carboxylic acids is 1. The molecule has 0 spiro atoms. The Morgan fingerprint density at radius 3 is 2.46 bits per heavy atom. The number of benzene rings is 1. The number of hydrogen-bond acceptors (Lipinski definition) is 4. The van der Waals surface area contributed by atoms with E-state index in [-0.39, 0.29) is 24.4 Å². The summed E-state index contributed by atoms with van der Waals surface area (Å²) in [6.45, 7) is 7.91. The zero-order valence-corrected chi connectivity index (χ0v) is 16.7. The van der Waals surface area contributed by atoms with Crippen molar-refractivity contribution in [3.8, 4) is 6.07 Å². The lowest BCUT2D eigenvalue weighted by molar-refractivity contribution is -0.121. The molecule has 2 rings (SSSR count). The van der Waals surface area contributed by atoms with Crippen molar-refractivity contribution < 1.29 is 4.79 Å². The molecule has 0 saturated carbocycles. The largest absolute Gasteiger partial charge is 0.337 e.